The van der Waals surface area contributed by atoms with Gasteiger partial charge in [0.05, 0.1) is 15.6 Å². The average Bonchev–Trinajstić information content (AvgIpc) is 2.87. The van der Waals surface area contributed by atoms with Gasteiger partial charge in [-0.05, 0) is 24.3 Å². The number of hydrogen-bond donors (Lipinski definition) is 2. The largest absolute Gasteiger partial charge is 0.491 e. The Labute approximate surface area is 221 Å². The Morgan fingerprint density at radius 3 is 2.51 bits per heavy atom. The molecule has 1 saturated heterocycles. The topological polar surface area (TPSA) is 87.0 Å². The second-order valence-corrected chi connectivity index (χ2v) is 9.33. The Kier molecular flexibility index (Phi) is 8.46. The zero-order valence-corrected chi connectivity index (χ0v) is 21.1. The van der Waals surface area contributed by atoms with Crippen LogP contribution in [0.3, 0.4) is 0 Å². The zero-order valence-electron chi connectivity index (χ0n) is 19.6. The van der Waals surface area contributed by atoms with Gasteiger partial charge in [-0.1, -0.05) is 29.8 Å². The van der Waals surface area contributed by atoms with Gasteiger partial charge in [-0.25, -0.2) is 13.8 Å². The highest BCUT2D eigenvalue weighted by atomic mass is 35.5. The van der Waals surface area contributed by atoms with Gasteiger partial charge >= 0.3 is 0 Å². The molecule has 0 spiro atoms. The molecule has 3 aromatic rings. The lowest BCUT2D eigenvalue weighted by Gasteiger charge is -2.35. The van der Waals surface area contributed by atoms with Gasteiger partial charge in [0, 0.05) is 56.6 Å². The first-order valence-corrected chi connectivity index (χ1v) is 12.1. The van der Waals surface area contributed by atoms with Gasteiger partial charge in [0.2, 0.25) is 5.43 Å². The molecule has 1 fully saturated rings. The average molecular weight is 553 g/mol. The molecule has 2 heterocycles. The number of aliphatic hydroxyl groups excluding tert-OH is 1. The van der Waals surface area contributed by atoms with E-state index in [0.717, 1.165) is 12.1 Å². The smallest absolute Gasteiger partial charge is 0.271 e. The van der Waals surface area contributed by atoms with E-state index in [4.69, 9.17) is 27.9 Å². The molecule has 2 aromatic carbocycles. The summed E-state index contributed by atoms with van der Waals surface area (Å²) in [6, 6.07) is 6.37. The maximum atomic E-state index is 14.0. The molecule has 0 bridgehead atoms. The van der Waals surface area contributed by atoms with Crippen molar-refractivity contribution >= 4 is 46.2 Å². The van der Waals surface area contributed by atoms with E-state index >= 15 is 0 Å². The van der Waals surface area contributed by atoms with Crippen molar-refractivity contribution in [2.45, 2.75) is 6.10 Å². The fourth-order valence-electron chi connectivity index (χ4n) is 4.01. The van der Waals surface area contributed by atoms with E-state index in [0.29, 0.717) is 38.2 Å². The Morgan fingerprint density at radius 2 is 1.84 bits per heavy atom. The predicted molar refractivity (Wildman–Crippen MR) is 138 cm³/mol. The van der Waals surface area contributed by atoms with Crippen molar-refractivity contribution in [1.82, 2.24) is 19.9 Å². The Morgan fingerprint density at radius 1 is 1.14 bits per heavy atom. The van der Waals surface area contributed by atoms with Gasteiger partial charge in [0.25, 0.3) is 5.91 Å². The van der Waals surface area contributed by atoms with E-state index in [1.165, 1.54) is 35.2 Å². The summed E-state index contributed by atoms with van der Waals surface area (Å²) < 4.78 is 34.4. The van der Waals surface area contributed by atoms with Gasteiger partial charge in [0.15, 0.2) is 0 Å². The molecule has 196 valence electrons. The van der Waals surface area contributed by atoms with E-state index in [1.54, 1.807) is 5.01 Å². The Balaban J connectivity index is 1.32. The molecular weight excluding hydrogens is 529 g/mol. The molecule has 12 heteroatoms. The summed E-state index contributed by atoms with van der Waals surface area (Å²) in [7, 11) is 0. The van der Waals surface area contributed by atoms with Crippen LogP contribution in [0, 0.1) is 11.6 Å². The van der Waals surface area contributed by atoms with E-state index in [1.807, 2.05) is 4.90 Å². The number of nitrogens with zero attached hydrogens (tertiary/aromatic N) is 3. The van der Waals surface area contributed by atoms with Crippen LogP contribution >= 0.6 is 23.2 Å². The van der Waals surface area contributed by atoms with Crippen molar-refractivity contribution < 1.29 is 23.4 Å². The number of piperazine rings is 1. The van der Waals surface area contributed by atoms with Crippen molar-refractivity contribution in [3.05, 3.63) is 80.6 Å². The number of ether oxygens (including phenoxy) is 1. The molecule has 1 aromatic heterocycles. The minimum atomic E-state index is -0.816. The molecule has 4 rings (SSSR count). The highest BCUT2D eigenvalue weighted by molar-refractivity contribution is 6.31. The molecule has 37 heavy (non-hydrogen) atoms. The molecule has 0 saturated carbocycles. The fourth-order valence-corrected chi connectivity index (χ4v) is 4.29. The van der Waals surface area contributed by atoms with Crippen molar-refractivity contribution in [1.29, 1.82) is 0 Å². The van der Waals surface area contributed by atoms with Crippen LogP contribution in [-0.2, 0) is 0 Å². The molecule has 0 aliphatic carbocycles. The summed E-state index contributed by atoms with van der Waals surface area (Å²) in [5, 5.41) is 11.8. The number of hydrazine groups is 1. The molecule has 1 unspecified atom stereocenters. The van der Waals surface area contributed by atoms with Gasteiger partial charge in [-0.2, -0.15) is 0 Å². The summed E-state index contributed by atoms with van der Waals surface area (Å²) in [5.41, 5.74) is 2.26. The molecular formula is C25H24Cl2F2N4O4. The normalized spacial score (nSPS) is 15.5. The Bertz CT molecular complexity index is 1390. The van der Waals surface area contributed by atoms with Crippen LogP contribution in [0.4, 0.5) is 8.78 Å². The van der Waals surface area contributed by atoms with Crippen molar-refractivity contribution in [3.63, 3.8) is 0 Å². The first kappa shape index (κ1) is 27.0. The number of pyridine rings is 1. The minimum absolute atomic E-state index is 0.0105. The maximum Gasteiger partial charge on any atom is 0.271 e. The summed E-state index contributed by atoms with van der Waals surface area (Å²) in [6.07, 6.45) is 1.91. The van der Waals surface area contributed by atoms with E-state index in [-0.39, 0.29) is 33.4 Å². The van der Waals surface area contributed by atoms with Crippen LogP contribution in [-0.4, -0.2) is 70.9 Å². The lowest BCUT2D eigenvalue weighted by molar-refractivity contribution is 0.0316. The second-order valence-electron chi connectivity index (χ2n) is 8.51. The van der Waals surface area contributed by atoms with Crippen molar-refractivity contribution in [2.75, 3.05) is 39.3 Å². The maximum absolute atomic E-state index is 14.0. The molecule has 8 nitrogen and oxygen atoms in total. The number of nitrogens with one attached hydrogen (secondary N) is 1. The number of β-amino-alcohol motifs (C(OH)–C–C–N with tert-alkyl or cyclic N) is 1. The van der Waals surface area contributed by atoms with Gasteiger partial charge < -0.3 is 14.4 Å². The lowest BCUT2D eigenvalue weighted by atomic mass is 10.1. The fraction of sp³-hybridized carbons (Fsp3) is 0.280. The SMILES string of the molecule is C=Cn1cc(C(=O)NN2CCN(CC(O)COc3ccc(Cl)c(F)c3)CC2)c(=O)c2cc(F)c(Cl)cc21. The third-order valence-electron chi connectivity index (χ3n) is 5.95. The van der Waals surface area contributed by atoms with Crippen LogP contribution < -0.4 is 15.6 Å². The zero-order chi connectivity index (χ0) is 26.7. The number of benzene rings is 2. The molecule has 2 N–H and O–H groups in total. The number of aromatic nitrogens is 1. The summed E-state index contributed by atoms with van der Waals surface area (Å²) in [4.78, 5) is 27.8. The number of fused-ring (bicyclic) bond motifs is 1. The number of halogens is 4. The monoisotopic (exact) mass is 552 g/mol. The van der Waals surface area contributed by atoms with E-state index < -0.39 is 29.1 Å². The number of carbonyl (C=O) groups excluding carboxylic acids is 1. The summed E-state index contributed by atoms with van der Waals surface area (Å²) in [5.74, 6) is -1.72. The molecule has 1 atom stereocenters. The third kappa shape index (κ3) is 6.28. The van der Waals surface area contributed by atoms with E-state index in [2.05, 4.69) is 12.0 Å². The number of aliphatic hydroxyl groups is 1. The van der Waals surface area contributed by atoms with Crippen molar-refractivity contribution in [3.8, 4) is 5.75 Å². The molecule has 1 amide bonds. The van der Waals surface area contributed by atoms with Gasteiger partial charge in [-0.3, -0.25) is 19.9 Å². The van der Waals surface area contributed by atoms with Crippen LogP contribution in [0.15, 0.2) is 47.9 Å². The predicted octanol–water partition coefficient (Wildman–Crippen LogP) is 3.39. The highest BCUT2D eigenvalue weighted by Crippen LogP contribution is 2.22. The summed E-state index contributed by atoms with van der Waals surface area (Å²) in [6.45, 7) is 5.91. The summed E-state index contributed by atoms with van der Waals surface area (Å²) >= 11 is 11.5. The first-order valence-electron chi connectivity index (χ1n) is 11.4. The van der Waals surface area contributed by atoms with Crippen molar-refractivity contribution in [2.24, 2.45) is 0 Å². The first-order chi connectivity index (χ1) is 17.7. The highest BCUT2D eigenvalue weighted by Gasteiger charge is 2.23. The molecule has 1 aliphatic heterocycles. The van der Waals surface area contributed by atoms with Crippen LogP contribution in [0.2, 0.25) is 10.0 Å². The number of hydrogen-bond acceptors (Lipinski definition) is 6. The molecule has 0 radical (unpaired) electrons. The van der Waals surface area contributed by atoms with Gasteiger partial charge in [-0.15, -0.1) is 0 Å². The van der Waals surface area contributed by atoms with Crippen LogP contribution in [0.25, 0.3) is 17.1 Å². The quantitative estimate of drug-likeness (QED) is 0.445. The number of rotatable bonds is 8. The number of carbonyl (C=O) groups is 1. The molecule has 1 aliphatic rings. The lowest BCUT2D eigenvalue weighted by Crippen LogP contribution is -2.55. The number of amides is 1. The van der Waals surface area contributed by atoms with Crippen LogP contribution in [0.1, 0.15) is 10.4 Å². The van der Waals surface area contributed by atoms with Crippen LogP contribution in [0.5, 0.6) is 5.75 Å². The standard InChI is InChI=1S/C25H24Cl2F2N4O4/c1-2-32-13-18(24(35)17-10-22(29)20(27)11-23(17)32)25(36)30-33-7-5-31(6-8-33)12-15(34)14-37-16-3-4-19(26)21(28)9-16/h2-4,9-11,13,15,34H,1,5-8,12,14H2,(H,30,36). The van der Waals surface area contributed by atoms with E-state index in [9.17, 15) is 23.5 Å². The Hall–Kier alpha value is -3.02. The third-order valence-corrected chi connectivity index (χ3v) is 6.55. The minimum Gasteiger partial charge on any atom is -0.491 e. The second kappa shape index (κ2) is 11.6. The van der Waals surface area contributed by atoms with Gasteiger partial charge in [0.1, 0.15) is 35.7 Å².